The zero-order valence-electron chi connectivity index (χ0n) is 15.4. The Morgan fingerprint density at radius 3 is 2.15 bits per heavy atom. The highest BCUT2D eigenvalue weighted by Gasteiger charge is 2.15. The number of aryl methyl sites for hydroxylation is 3. The lowest BCUT2D eigenvalue weighted by Crippen LogP contribution is -2.41. The molecule has 3 aromatic rings. The molecule has 27 heavy (non-hydrogen) atoms. The maximum atomic E-state index is 12.6. The molecule has 6 nitrogen and oxygen atoms in total. The third-order valence-corrected chi connectivity index (χ3v) is 4.78. The average molecular weight is 386 g/mol. The van der Waals surface area contributed by atoms with Crippen LogP contribution < -0.4 is 16.4 Å². The summed E-state index contributed by atoms with van der Waals surface area (Å²) in [5.74, 6) is -0.297. The molecule has 0 unspecified atom stereocenters. The molecule has 1 N–H and O–H groups in total. The molecule has 0 atom stereocenters. The van der Waals surface area contributed by atoms with Crippen molar-refractivity contribution in [1.82, 2.24) is 9.13 Å². The summed E-state index contributed by atoms with van der Waals surface area (Å²) in [7, 11) is 0. The Balaban J connectivity index is 2.16. The molecule has 2 aromatic carbocycles. The van der Waals surface area contributed by atoms with Crippen molar-refractivity contribution in [2.75, 3.05) is 5.32 Å². The maximum Gasteiger partial charge on any atom is 0.316 e. The number of aromatic nitrogens is 2. The van der Waals surface area contributed by atoms with Crippen LogP contribution in [0, 0.1) is 6.92 Å². The SMILES string of the molecule is CCn1c(=O)c(=O)n(CC)c2cc(NC(=O)c3cccc(Cl)c3)c(C)cc21. The molecule has 0 spiro atoms. The van der Waals surface area contributed by atoms with Crippen molar-refractivity contribution in [3.8, 4) is 0 Å². The molecule has 0 radical (unpaired) electrons. The Labute approximate surface area is 161 Å². The average Bonchev–Trinajstić information content (AvgIpc) is 2.64. The molecule has 3 rings (SSSR count). The maximum absolute atomic E-state index is 12.6. The minimum absolute atomic E-state index is 0.297. The van der Waals surface area contributed by atoms with Crippen LogP contribution in [-0.2, 0) is 13.1 Å². The summed E-state index contributed by atoms with van der Waals surface area (Å²) in [4.78, 5) is 37.3. The van der Waals surface area contributed by atoms with Gasteiger partial charge in [0.1, 0.15) is 0 Å². The summed E-state index contributed by atoms with van der Waals surface area (Å²) in [6.45, 7) is 6.23. The highest BCUT2D eigenvalue weighted by atomic mass is 35.5. The second kappa shape index (κ2) is 7.40. The van der Waals surface area contributed by atoms with E-state index in [1.54, 1.807) is 37.3 Å². The van der Waals surface area contributed by atoms with Gasteiger partial charge in [0.2, 0.25) is 0 Å². The number of benzene rings is 2. The van der Waals surface area contributed by atoms with E-state index in [1.165, 1.54) is 9.13 Å². The van der Waals surface area contributed by atoms with Crippen LogP contribution in [0.25, 0.3) is 11.0 Å². The smallest absolute Gasteiger partial charge is 0.316 e. The van der Waals surface area contributed by atoms with Crippen LogP contribution in [0.1, 0.15) is 29.8 Å². The van der Waals surface area contributed by atoms with E-state index in [4.69, 9.17) is 11.6 Å². The van der Waals surface area contributed by atoms with Gasteiger partial charge in [-0.15, -0.1) is 0 Å². The Kier molecular flexibility index (Phi) is 5.19. The lowest BCUT2D eigenvalue weighted by atomic mass is 10.1. The van der Waals surface area contributed by atoms with Crippen LogP contribution in [0.5, 0.6) is 0 Å². The molecule has 0 aliphatic rings. The van der Waals surface area contributed by atoms with Gasteiger partial charge in [-0.05, 0) is 56.7 Å². The zero-order valence-corrected chi connectivity index (χ0v) is 16.1. The fourth-order valence-electron chi connectivity index (χ4n) is 3.15. The number of carbonyl (C=O) groups excluding carboxylic acids is 1. The summed E-state index contributed by atoms with van der Waals surface area (Å²) < 4.78 is 2.89. The van der Waals surface area contributed by atoms with Crippen molar-refractivity contribution in [2.45, 2.75) is 33.9 Å². The third-order valence-electron chi connectivity index (χ3n) is 4.54. The second-order valence-electron chi connectivity index (χ2n) is 6.22. The van der Waals surface area contributed by atoms with Crippen LogP contribution in [0.2, 0.25) is 5.02 Å². The van der Waals surface area contributed by atoms with Gasteiger partial charge in [-0.25, -0.2) is 0 Å². The van der Waals surface area contributed by atoms with Crippen molar-refractivity contribution >= 4 is 34.2 Å². The topological polar surface area (TPSA) is 73.1 Å². The number of carbonyl (C=O) groups is 1. The van der Waals surface area contributed by atoms with Crippen molar-refractivity contribution in [1.29, 1.82) is 0 Å². The molecular formula is C20H20ClN3O3. The molecule has 0 aliphatic heterocycles. The summed E-state index contributed by atoms with van der Waals surface area (Å²) in [6.07, 6.45) is 0. The van der Waals surface area contributed by atoms with Crippen molar-refractivity contribution in [2.24, 2.45) is 0 Å². The van der Waals surface area contributed by atoms with Gasteiger partial charge in [0, 0.05) is 29.4 Å². The van der Waals surface area contributed by atoms with E-state index in [9.17, 15) is 14.4 Å². The van der Waals surface area contributed by atoms with Crippen LogP contribution in [-0.4, -0.2) is 15.0 Å². The number of rotatable bonds is 4. The lowest BCUT2D eigenvalue weighted by Gasteiger charge is -2.16. The summed E-state index contributed by atoms with van der Waals surface area (Å²) in [6, 6.07) is 10.2. The van der Waals surface area contributed by atoms with E-state index in [0.29, 0.717) is 40.4 Å². The van der Waals surface area contributed by atoms with Crippen molar-refractivity contribution < 1.29 is 4.79 Å². The van der Waals surface area contributed by atoms with Crippen LogP contribution >= 0.6 is 11.6 Å². The molecule has 140 valence electrons. The summed E-state index contributed by atoms with van der Waals surface area (Å²) >= 11 is 5.96. The highest BCUT2D eigenvalue weighted by Crippen LogP contribution is 2.23. The highest BCUT2D eigenvalue weighted by molar-refractivity contribution is 6.31. The Morgan fingerprint density at radius 1 is 1.00 bits per heavy atom. The molecule has 0 saturated heterocycles. The zero-order chi connectivity index (χ0) is 19.7. The van der Waals surface area contributed by atoms with Gasteiger partial charge in [-0.2, -0.15) is 0 Å². The fraction of sp³-hybridized carbons (Fsp3) is 0.250. The molecule has 1 heterocycles. The molecule has 1 amide bonds. The van der Waals surface area contributed by atoms with Crippen LogP contribution in [0.3, 0.4) is 0 Å². The number of fused-ring (bicyclic) bond motifs is 1. The number of nitrogens with zero attached hydrogens (tertiary/aromatic N) is 2. The quantitative estimate of drug-likeness (QED) is 0.699. The first kappa shape index (κ1) is 18.9. The van der Waals surface area contributed by atoms with Gasteiger partial charge in [-0.3, -0.25) is 14.4 Å². The minimum Gasteiger partial charge on any atom is -0.322 e. The molecule has 0 bridgehead atoms. The lowest BCUT2D eigenvalue weighted by molar-refractivity contribution is 0.102. The normalized spacial score (nSPS) is 11.0. The van der Waals surface area contributed by atoms with Crippen molar-refractivity contribution in [3.05, 3.63) is 73.3 Å². The first-order valence-corrected chi connectivity index (χ1v) is 9.10. The molecular weight excluding hydrogens is 366 g/mol. The summed E-state index contributed by atoms with van der Waals surface area (Å²) in [5, 5.41) is 3.34. The van der Waals surface area contributed by atoms with Crippen LogP contribution in [0.15, 0.2) is 46.0 Å². The predicted octanol–water partition coefficient (Wildman–Crippen LogP) is 3.42. The number of hydrogen-bond donors (Lipinski definition) is 1. The van der Waals surface area contributed by atoms with Gasteiger partial charge < -0.3 is 14.5 Å². The third kappa shape index (κ3) is 3.40. The van der Waals surface area contributed by atoms with Gasteiger partial charge in [0.15, 0.2) is 0 Å². The molecule has 0 aliphatic carbocycles. The minimum atomic E-state index is -0.567. The fourth-order valence-corrected chi connectivity index (χ4v) is 3.34. The molecule has 7 heteroatoms. The predicted molar refractivity (Wildman–Crippen MR) is 108 cm³/mol. The number of hydrogen-bond acceptors (Lipinski definition) is 3. The van der Waals surface area contributed by atoms with Gasteiger partial charge in [0.25, 0.3) is 5.91 Å². The Bertz CT molecular complexity index is 1160. The van der Waals surface area contributed by atoms with Gasteiger partial charge in [0.05, 0.1) is 11.0 Å². The molecule has 0 fully saturated rings. The van der Waals surface area contributed by atoms with E-state index in [1.807, 2.05) is 19.9 Å². The number of amides is 1. The Hall–Kier alpha value is -2.86. The van der Waals surface area contributed by atoms with E-state index < -0.39 is 11.1 Å². The number of nitrogens with one attached hydrogen (secondary N) is 1. The van der Waals surface area contributed by atoms with Crippen molar-refractivity contribution in [3.63, 3.8) is 0 Å². The monoisotopic (exact) mass is 385 g/mol. The first-order valence-electron chi connectivity index (χ1n) is 8.72. The standard InChI is InChI=1S/C20H20ClN3O3/c1-4-23-16-9-12(3)15(11-17(16)24(5-2)20(27)19(23)26)22-18(25)13-7-6-8-14(21)10-13/h6-11H,4-5H2,1-3H3,(H,22,25). The van der Waals surface area contributed by atoms with E-state index in [2.05, 4.69) is 5.32 Å². The van der Waals surface area contributed by atoms with Gasteiger partial charge in [-0.1, -0.05) is 17.7 Å². The van der Waals surface area contributed by atoms with E-state index in [0.717, 1.165) is 5.56 Å². The van der Waals surface area contributed by atoms with E-state index >= 15 is 0 Å². The number of anilines is 1. The molecule has 0 saturated carbocycles. The number of halogens is 1. The van der Waals surface area contributed by atoms with Crippen LogP contribution in [0.4, 0.5) is 5.69 Å². The first-order chi connectivity index (χ1) is 12.9. The summed E-state index contributed by atoms with van der Waals surface area (Å²) in [5.41, 5.74) is 1.98. The molecule has 1 aromatic heterocycles. The second-order valence-corrected chi connectivity index (χ2v) is 6.66. The Morgan fingerprint density at radius 2 is 1.59 bits per heavy atom. The van der Waals surface area contributed by atoms with Gasteiger partial charge >= 0.3 is 11.1 Å². The largest absolute Gasteiger partial charge is 0.322 e. The van der Waals surface area contributed by atoms with E-state index in [-0.39, 0.29) is 5.91 Å².